The van der Waals surface area contributed by atoms with Gasteiger partial charge < -0.3 is 19.6 Å². The maximum Gasteiger partial charge on any atom is 0.137 e. The number of H-pyrrole nitrogens is 1. The highest BCUT2D eigenvalue weighted by atomic mass is 16.6. The first-order valence-electron chi connectivity index (χ1n) is 11.2. The highest BCUT2D eigenvalue weighted by Crippen LogP contribution is 2.37. The molecule has 6 heteroatoms. The van der Waals surface area contributed by atoms with Gasteiger partial charge in [-0.25, -0.2) is 0 Å². The number of aryl methyl sites for hydroxylation is 1. The Morgan fingerprint density at radius 2 is 2.00 bits per heavy atom. The van der Waals surface area contributed by atoms with Crippen LogP contribution in [0.1, 0.15) is 50.2 Å². The Balaban J connectivity index is 1.53. The number of hydrogen-bond acceptors (Lipinski definition) is 5. The molecule has 1 aromatic heterocycles. The first kappa shape index (κ1) is 22.3. The summed E-state index contributed by atoms with van der Waals surface area (Å²) in [5, 5.41) is 19.4. The van der Waals surface area contributed by atoms with E-state index in [1.54, 1.807) is 0 Å². The van der Waals surface area contributed by atoms with Gasteiger partial charge in [0.1, 0.15) is 36.5 Å². The van der Waals surface area contributed by atoms with E-state index in [2.05, 4.69) is 48.9 Å². The van der Waals surface area contributed by atoms with Crippen molar-refractivity contribution in [3.63, 3.8) is 0 Å². The molecule has 0 amide bonds. The Labute approximate surface area is 189 Å². The Morgan fingerprint density at radius 3 is 2.69 bits per heavy atom. The van der Waals surface area contributed by atoms with Crippen molar-refractivity contribution >= 4 is 10.9 Å². The molecule has 32 heavy (non-hydrogen) atoms. The molecule has 2 heterocycles. The van der Waals surface area contributed by atoms with E-state index < -0.39 is 0 Å². The summed E-state index contributed by atoms with van der Waals surface area (Å²) in [7, 11) is 0. The van der Waals surface area contributed by atoms with Crippen LogP contribution >= 0.6 is 0 Å². The lowest BCUT2D eigenvalue weighted by Gasteiger charge is -2.35. The van der Waals surface area contributed by atoms with Crippen molar-refractivity contribution in [2.24, 2.45) is 0 Å². The largest absolute Gasteiger partial charge is 0.490 e. The predicted octanol–water partition coefficient (Wildman–Crippen LogP) is 4.54. The van der Waals surface area contributed by atoms with E-state index in [1.165, 1.54) is 0 Å². The second-order valence-corrected chi connectivity index (χ2v) is 9.29. The van der Waals surface area contributed by atoms with E-state index in [9.17, 15) is 10.4 Å². The molecule has 0 spiro atoms. The van der Waals surface area contributed by atoms with E-state index in [-0.39, 0.29) is 24.5 Å². The smallest absolute Gasteiger partial charge is 0.137 e. The van der Waals surface area contributed by atoms with E-state index in [0.29, 0.717) is 18.7 Å². The van der Waals surface area contributed by atoms with Gasteiger partial charge in [-0.15, -0.1) is 0 Å². The molecule has 2 unspecified atom stereocenters. The number of nitriles is 1. The Morgan fingerprint density at radius 1 is 1.22 bits per heavy atom. The Bertz CT molecular complexity index is 1100. The van der Waals surface area contributed by atoms with Gasteiger partial charge in [0.15, 0.2) is 0 Å². The third-order valence-corrected chi connectivity index (χ3v) is 5.94. The fraction of sp³-hybridized carbons (Fsp3) is 0.423. The summed E-state index contributed by atoms with van der Waals surface area (Å²) in [6.45, 7) is 7.94. The van der Waals surface area contributed by atoms with Gasteiger partial charge in [0.05, 0.1) is 5.52 Å². The molecule has 2 N–H and O–H groups in total. The third-order valence-electron chi connectivity index (χ3n) is 5.94. The molecule has 1 saturated heterocycles. The zero-order valence-corrected chi connectivity index (χ0v) is 19.0. The van der Waals surface area contributed by atoms with E-state index in [0.717, 1.165) is 40.7 Å². The lowest BCUT2D eigenvalue weighted by Crippen LogP contribution is -2.42. The minimum atomic E-state index is -0.108. The fourth-order valence-electron chi connectivity index (χ4n) is 4.31. The molecule has 6 nitrogen and oxygen atoms in total. The summed E-state index contributed by atoms with van der Waals surface area (Å²) in [6, 6.07) is 18.3. The molecule has 1 aliphatic rings. The predicted molar refractivity (Wildman–Crippen MR) is 124 cm³/mol. The van der Waals surface area contributed by atoms with Crippen LogP contribution in [0.3, 0.4) is 0 Å². The second kappa shape index (κ2) is 9.33. The number of hydrogen-bond donors (Lipinski definition) is 2. The van der Waals surface area contributed by atoms with Gasteiger partial charge in [0, 0.05) is 24.1 Å². The van der Waals surface area contributed by atoms with Crippen LogP contribution in [-0.2, 0) is 11.2 Å². The Hall–Kier alpha value is -2.85. The molecular formula is C26H31N3O3. The third kappa shape index (κ3) is 4.66. The van der Waals surface area contributed by atoms with Crippen LogP contribution in [0.5, 0.6) is 5.75 Å². The van der Waals surface area contributed by atoms with E-state index in [4.69, 9.17) is 9.47 Å². The monoisotopic (exact) mass is 433 g/mol. The molecule has 2 atom stereocenters. The Kier molecular flexibility index (Phi) is 6.52. The number of aliphatic hydroxyl groups is 1. The molecule has 0 saturated carbocycles. The number of benzene rings is 2. The van der Waals surface area contributed by atoms with Gasteiger partial charge >= 0.3 is 0 Å². The number of rotatable bonds is 7. The van der Waals surface area contributed by atoms with Gasteiger partial charge in [-0.2, -0.15) is 5.26 Å². The van der Waals surface area contributed by atoms with Crippen molar-refractivity contribution in [1.29, 1.82) is 5.26 Å². The van der Waals surface area contributed by atoms with Crippen LogP contribution in [0.15, 0.2) is 48.5 Å². The van der Waals surface area contributed by atoms with Crippen molar-refractivity contribution in [2.45, 2.75) is 51.5 Å². The van der Waals surface area contributed by atoms with E-state index >= 15 is 0 Å². The lowest BCUT2D eigenvalue weighted by molar-refractivity contribution is -0.0397. The van der Waals surface area contributed by atoms with Crippen LogP contribution in [-0.4, -0.2) is 46.4 Å². The summed E-state index contributed by atoms with van der Waals surface area (Å²) in [5.41, 5.74) is 3.58. The van der Waals surface area contributed by atoms with Gasteiger partial charge in [0.25, 0.3) is 0 Å². The van der Waals surface area contributed by atoms with Crippen molar-refractivity contribution in [3.05, 3.63) is 65.4 Å². The topological polar surface area (TPSA) is 81.5 Å². The zero-order chi connectivity index (χ0) is 22.7. The van der Waals surface area contributed by atoms with Crippen LogP contribution in [0, 0.1) is 11.3 Å². The quantitative estimate of drug-likeness (QED) is 0.572. The number of aromatic amines is 1. The van der Waals surface area contributed by atoms with Crippen molar-refractivity contribution in [1.82, 2.24) is 9.88 Å². The normalized spacial score (nSPS) is 19.3. The molecule has 2 aromatic carbocycles. The standard InChI is InChI=1S/C26H31N3O3/c1-26(2,3)29-16-21(32-25(29)19-8-5-4-6-9-19)17-31-23-12-11-18(10-7-13-30)24-22(23)14-20(15-27)28-24/h4-6,8-9,11-12,14,21,25,28,30H,7,10,13,16-17H2,1-3H3. The summed E-state index contributed by atoms with van der Waals surface area (Å²) < 4.78 is 12.7. The van der Waals surface area contributed by atoms with Crippen molar-refractivity contribution in [3.8, 4) is 11.8 Å². The van der Waals surface area contributed by atoms with Crippen LogP contribution in [0.2, 0.25) is 0 Å². The lowest BCUT2D eigenvalue weighted by atomic mass is 10.0. The van der Waals surface area contributed by atoms with Gasteiger partial charge in [0.2, 0.25) is 0 Å². The second-order valence-electron chi connectivity index (χ2n) is 9.29. The average molecular weight is 434 g/mol. The number of ether oxygens (including phenoxy) is 2. The molecule has 1 aliphatic heterocycles. The fourth-order valence-corrected chi connectivity index (χ4v) is 4.31. The molecule has 0 aliphatic carbocycles. The molecule has 0 bridgehead atoms. The minimum Gasteiger partial charge on any atom is -0.490 e. The molecule has 168 valence electrons. The zero-order valence-electron chi connectivity index (χ0n) is 19.0. The highest BCUT2D eigenvalue weighted by molar-refractivity contribution is 5.90. The molecular weight excluding hydrogens is 402 g/mol. The summed E-state index contributed by atoms with van der Waals surface area (Å²) >= 11 is 0. The van der Waals surface area contributed by atoms with Crippen molar-refractivity contribution < 1.29 is 14.6 Å². The molecule has 0 radical (unpaired) electrons. The molecule has 1 fully saturated rings. The first-order valence-corrected chi connectivity index (χ1v) is 11.2. The van der Waals surface area contributed by atoms with Gasteiger partial charge in [-0.05, 0) is 56.9 Å². The number of nitrogens with one attached hydrogen (secondary N) is 1. The maximum atomic E-state index is 9.35. The first-order chi connectivity index (χ1) is 15.4. The summed E-state index contributed by atoms with van der Waals surface area (Å²) in [5.74, 6) is 0.736. The van der Waals surface area contributed by atoms with Crippen LogP contribution in [0.4, 0.5) is 0 Å². The molecule has 4 rings (SSSR count). The number of nitrogens with zero attached hydrogens (tertiary/aromatic N) is 2. The number of aromatic nitrogens is 1. The number of fused-ring (bicyclic) bond motifs is 1. The van der Waals surface area contributed by atoms with Gasteiger partial charge in [-0.1, -0.05) is 36.4 Å². The van der Waals surface area contributed by atoms with E-state index in [1.807, 2.05) is 36.4 Å². The minimum absolute atomic E-state index is 0.0424. The molecule has 3 aromatic rings. The van der Waals surface area contributed by atoms with Crippen LogP contribution < -0.4 is 4.74 Å². The summed E-state index contributed by atoms with van der Waals surface area (Å²) in [6.07, 6.45) is 1.24. The highest BCUT2D eigenvalue weighted by Gasteiger charge is 2.40. The van der Waals surface area contributed by atoms with Crippen LogP contribution in [0.25, 0.3) is 10.9 Å². The SMILES string of the molecule is CC(C)(C)N1CC(COc2ccc(CCCO)c3[nH]c(C#N)cc23)OC1c1ccccc1. The van der Waals surface area contributed by atoms with Gasteiger partial charge in [-0.3, -0.25) is 4.90 Å². The maximum absolute atomic E-state index is 9.35. The summed E-state index contributed by atoms with van der Waals surface area (Å²) in [4.78, 5) is 5.55. The average Bonchev–Trinajstić information content (AvgIpc) is 3.42. The van der Waals surface area contributed by atoms with Crippen molar-refractivity contribution in [2.75, 3.05) is 19.8 Å². The number of aliphatic hydroxyl groups excluding tert-OH is 1.